The smallest absolute Gasteiger partial charge is 0.310 e. The predicted octanol–water partition coefficient (Wildman–Crippen LogP) is 1.89. The lowest BCUT2D eigenvalue weighted by Crippen LogP contribution is -2.20. The molecule has 0 aromatic heterocycles. The molecular formula is C13H18O4. The van der Waals surface area contributed by atoms with E-state index in [1.807, 2.05) is 30.3 Å². The number of hydrogen-bond acceptors (Lipinski definition) is 4. The Labute approximate surface area is 101 Å². The number of methoxy groups -OCH3 is 1. The van der Waals surface area contributed by atoms with Crippen LogP contribution in [0.25, 0.3) is 0 Å². The number of para-hydroxylation sites is 1. The summed E-state index contributed by atoms with van der Waals surface area (Å²) in [6, 6.07) is 9.53. The second-order valence-corrected chi connectivity index (χ2v) is 3.66. The normalized spacial score (nSPS) is 11.9. The monoisotopic (exact) mass is 238 g/mol. The van der Waals surface area contributed by atoms with Crippen LogP contribution in [0.15, 0.2) is 30.3 Å². The van der Waals surface area contributed by atoms with E-state index < -0.39 is 0 Å². The van der Waals surface area contributed by atoms with E-state index in [1.54, 1.807) is 6.92 Å². The molecule has 0 spiro atoms. The molecule has 0 N–H and O–H groups in total. The van der Waals surface area contributed by atoms with Gasteiger partial charge in [0, 0.05) is 0 Å². The number of carbonyl (C=O) groups is 1. The minimum absolute atomic E-state index is 0.239. The van der Waals surface area contributed by atoms with Crippen LogP contribution in [0.5, 0.6) is 5.75 Å². The molecule has 0 saturated carbocycles. The first-order chi connectivity index (χ1) is 8.24. The summed E-state index contributed by atoms with van der Waals surface area (Å²) in [6.45, 7) is 3.04. The Bertz CT molecular complexity index is 323. The summed E-state index contributed by atoms with van der Waals surface area (Å²) in [5.41, 5.74) is 0. The molecule has 0 aliphatic heterocycles. The zero-order chi connectivity index (χ0) is 12.5. The number of esters is 1. The molecule has 4 heteroatoms. The van der Waals surface area contributed by atoms with E-state index in [0.717, 1.165) is 5.75 Å². The molecule has 17 heavy (non-hydrogen) atoms. The Balaban J connectivity index is 2.07. The lowest BCUT2D eigenvalue weighted by atomic mass is 10.2. The maximum absolute atomic E-state index is 11.1. The highest BCUT2D eigenvalue weighted by molar-refractivity contribution is 5.71. The highest BCUT2D eigenvalue weighted by atomic mass is 16.5. The Kier molecular flexibility index (Phi) is 6.10. The van der Waals surface area contributed by atoms with E-state index in [2.05, 4.69) is 4.74 Å². The van der Waals surface area contributed by atoms with Gasteiger partial charge in [0.1, 0.15) is 12.4 Å². The summed E-state index contributed by atoms with van der Waals surface area (Å²) in [7, 11) is 1.37. The fraction of sp³-hybridized carbons (Fsp3) is 0.462. The molecule has 0 bridgehead atoms. The van der Waals surface area contributed by atoms with Gasteiger partial charge >= 0.3 is 5.97 Å². The Morgan fingerprint density at radius 3 is 2.59 bits per heavy atom. The van der Waals surface area contributed by atoms with Gasteiger partial charge in [0.05, 0.1) is 26.2 Å². The number of carbonyl (C=O) groups excluding carboxylic acids is 1. The third-order valence-corrected chi connectivity index (χ3v) is 2.21. The molecule has 0 fully saturated rings. The minimum Gasteiger partial charge on any atom is -0.491 e. The van der Waals surface area contributed by atoms with Crippen LogP contribution in [0, 0.1) is 5.92 Å². The van der Waals surface area contributed by atoms with Crippen molar-refractivity contribution in [3.8, 4) is 5.75 Å². The van der Waals surface area contributed by atoms with Gasteiger partial charge < -0.3 is 14.2 Å². The molecule has 94 valence electrons. The van der Waals surface area contributed by atoms with E-state index in [4.69, 9.17) is 9.47 Å². The van der Waals surface area contributed by atoms with Crippen LogP contribution in [0.4, 0.5) is 0 Å². The molecule has 1 atom stereocenters. The third kappa shape index (κ3) is 5.36. The van der Waals surface area contributed by atoms with Crippen LogP contribution >= 0.6 is 0 Å². The summed E-state index contributed by atoms with van der Waals surface area (Å²) < 4.78 is 15.3. The van der Waals surface area contributed by atoms with Crippen LogP contribution in [-0.2, 0) is 14.3 Å². The number of ether oxygens (including phenoxy) is 3. The standard InChI is InChI=1S/C13H18O4/c1-11(13(14)15-2)10-16-8-9-17-12-6-4-3-5-7-12/h3-7,11H,8-10H2,1-2H3. The van der Waals surface area contributed by atoms with Gasteiger partial charge in [-0.3, -0.25) is 4.79 Å². The molecule has 0 aliphatic carbocycles. The van der Waals surface area contributed by atoms with Crippen molar-refractivity contribution in [1.29, 1.82) is 0 Å². The number of hydrogen-bond donors (Lipinski definition) is 0. The quantitative estimate of drug-likeness (QED) is 0.537. The number of benzene rings is 1. The van der Waals surface area contributed by atoms with Crippen molar-refractivity contribution in [2.45, 2.75) is 6.92 Å². The maximum atomic E-state index is 11.1. The van der Waals surface area contributed by atoms with E-state index in [9.17, 15) is 4.79 Å². The van der Waals surface area contributed by atoms with Crippen LogP contribution in [-0.4, -0.2) is 32.9 Å². The van der Waals surface area contributed by atoms with Crippen LogP contribution in [0.2, 0.25) is 0 Å². The molecule has 1 aromatic carbocycles. The van der Waals surface area contributed by atoms with Crippen molar-refractivity contribution >= 4 is 5.97 Å². The SMILES string of the molecule is COC(=O)C(C)COCCOc1ccccc1. The van der Waals surface area contributed by atoms with Crippen molar-refractivity contribution in [1.82, 2.24) is 0 Å². The second kappa shape index (κ2) is 7.68. The first kappa shape index (κ1) is 13.5. The highest BCUT2D eigenvalue weighted by Crippen LogP contribution is 2.07. The molecule has 1 unspecified atom stereocenters. The molecule has 1 rings (SSSR count). The summed E-state index contributed by atoms with van der Waals surface area (Å²) in [5, 5.41) is 0. The molecular weight excluding hydrogens is 220 g/mol. The van der Waals surface area contributed by atoms with Gasteiger partial charge in [-0.05, 0) is 19.1 Å². The largest absolute Gasteiger partial charge is 0.491 e. The van der Waals surface area contributed by atoms with Gasteiger partial charge in [-0.15, -0.1) is 0 Å². The van der Waals surface area contributed by atoms with Crippen molar-refractivity contribution in [3.63, 3.8) is 0 Å². The minimum atomic E-state index is -0.256. The van der Waals surface area contributed by atoms with E-state index in [-0.39, 0.29) is 11.9 Å². The van der Waals surface area contributed by atoms with Gasteiger partial charge in [0.2, 0.25) is 0 Å². The Hall–Kier alpha value is -1.55. The Morgan fingerprint density at radius 1 is 1.24 bits per heavy atom. The maximum Gasteiger partial charge on any atom is 0.310 e. The van der Waals surface area contributed by atoms with Gasteiger partial charge in [-0.1, -0.05) is 18.2 Å². The van der Waals surface area contributed by atoms with Crippen molar-refractivity contribution in [2.75, 3.05) is 26.9 Å². The molecule has 0 heterocycles. The van der Waals surface area contributed by atoms with E-state index in [1.165, 1.54) is 7.11 Å². The average molecular weight is 238 g/mol. The molecule has 0 saturated heterocycles. The van der Waals surface area contributed by atoms with Crippen molar-refractivity contribution in [2.24, 2.45) is 5.92 Å². The molecule has 4 nitrogen and oxygen atoms in total. The molecule has 0 aliphatic rings. The zero-order valence-corrected chi connectivity index (χ0v) is 10.2. The first-order valence-electron chi connectivity index (χ1n) is 5.57. The predicted molar refractivity (Wildman–Crippen MR) is 63.9 cm³/mol. The second-order valence-electron chi connectivity index (χ2n) is 3.66. The summed E-state index contributed by atoms with van der Waals surface area (Å²) in [4.78, 5) is 11.1. The molecule has 0 radical (unpaired) electrons. The molecule has 1 aromatic rings. The van der Waals surface area contributed by atoms with Crippen molar-refractivity contribution in [3.05, 3.63) is 30.3 Å². The lowest BCUT2D eigenvalue weighted by Gasteiger charge is -2.10. The highest BCUT2D eigenvalue weighted by Gasteiger charge is 2.12. The van der Waals surface area contributed by atoms with E-state index in [0.29, 0.717) is 19.8 Å². The molecule has 0 amide bonds. The zero-order valence-electron chi connectivity index (χ0n) is 10.2. The van der Waals surface area contributed by atoms with Crippen LogP contribution in [0.3, 0.4) is 0 Å². The fourth-order valence-corrected chi connectivity index (χ4v) is 1.26. The Morgan fingerprint density at radius 2 is 1.94 bits per heavy atom. The van der Waals surface area contributed by atoms with Crippen LogP contribution in [0.1, 0.15) is 6.92 Å². The van der Waals surface area contributed by atoms with Gasteiger partial charge in [0.25, 0.3) is 0 Å². The van der Waals surface area contributed by atoms with E-state index >= 15 is 0 Å². The summed E-state index contributed by atoms with van der Waals surface area (Å²) in [5.74, 6) is 0.322. The van der Waals surface area contributed by atoms with Gasteiger partial charge in [-0.25, -0.2) is 0 Å². The lowest BCUT2D eigenvalue weighted by molar-refractivity contribution is -0.146. The van der Waals surface area contributed by atoms with Crippen LogP contribution < -0.4 is 4.74 Å². The average Bonchev–Trinajstić information content (AvgIpc) is 2.38. The van der Waals surface area contributed by atoms with Crippen molar-refractivity contribution < 1.29 is 19.0 Å². The van der Waals surface area contributed by atoms with Gasteiger partial charge in [-0.2, -0.15) is 0 Å². The topological polar surface area (TPSA) is 44.8 Å². The number of rotatable bonds is 7. The summed E-state index contributed by atoms with van der Waals surface area (Å²) >= 11 is 0. The van der Waals surface area contributed by atoms with Gasteiger partial charge in [0.15, 0.2) is 0 Å². The summed E-state index contributed by atoms with van der Waals surface area (Å²) in [6.07, 6.45) is 0. The first-order valence-corrected chi connectivity index (χ1v) is 5.57. The third-order valence-electron chi connectivity index (χ3n) is 2.21. The fourth-order valence-electron chi connectivity index (χ4n) is 1.26.